The number of fused-ring (bicyclic) bond motifs is 3. The van der Waals surface area contributed by atoms with Gasteiger partial charge in [0.15, 0.2) is 0 Å². The average molecular weight is 423 g/mol. The minimum Gasteiger partial charge on any atom is -0.354 e. The van der Waals surface area contributed by atoms with Crippen molar-refractivity contribution in [1.82, 2.24) is 9.97 Å². The van der Waals surface area contributed by atoms with Gasteiger partial charge < -0.3 is 9.80 Å². The molecule has 3 heterocycles. The number of halogens is 4. The van der Waals surface area contributed by atoms with Crippen molar-refractivity contribution < 1.29 is 13.2 Å². The van der Waals surface area contributed by atoms with Gasteiger partial charge in [0.1, 0.15) is 5.69 Å². The van der Waals surface area contributed by atoms with E-state index < -0.39 is 11.9 Å². The van der Waals surface area contributed by atoms with Gasteiger partial charge in [-0.05, 0) is 37.3 Å². The Balaban J connectivity index is 1.90. The molecule has 3 aromatic rings. The number of benzene rings is 1. The first-order valence-corrected chi connectivity index (χ1v) is 8.67. The van der Waals surface area contributed by atoms with Gasteiger partial charge in [-0.1, -0.05) is 15.9 Å². The molecule has 0 atom stereocenters. The second kappa shape index (κ2) is 5.84. The van der Waals surface area contributed by atoms with Gasteiger partial charge in [-0.25, -0.2) is 4.98 Å². The second-order valence-electron chi connectivity index (χ2n) is 6.22. The Labute approximate surface area is 156 Å². The first-order valence-electron chi connectivity index (χ1n) is 7.87. The summed E-state index contributed by atoms with van der Waals surface area (Å²) >= 11 is 3.48. The molecule has 4 rings (SSSR count). The third kappa shape index (κ3) is 2.68. The van der Waals surface area contributed by atoms with Gasteiger partial charge >= 0.3 is 6.18 Å². The molecule has 2 aromatic heterocycles. The highest BCUT2D eigenvalue weighted by Crippen LogP contribution is 2.45. The molecule has 8 heteroatoms. The molecular weight excluding hydrogens is 409 g/mol. The minimum atomic E-state index is -4.45. The van der Waals surface area contributed by atoms with E-state index in [1.807, 2.05) is 35.0 Å². The molecule has 0 bridgehead atoms. The molecule has 4 nitrogen and oxygen atoms in total. The SMILES string of the molecule is Cc1nc(C(F)(F)F)ccc1N1CN(C)c2cnc3ccc(Br)cc3c21. The van der Waals surface area contributed by atoms with E-state index in [4.69, 9.17) is 0 Å². The molecule has 0 aliphatic carbocycles. The fraction of sp³-hybridized carbons (Fsp3) is 0.222. The summed E-state index contributed by atoms with van der Waals surface area (Å²) in [4.78, 5) is 12.3. The summed E-state index contributed by atoms with van der Waals surface area (Å²) in [5.74, 6) is 0. The van der Waals surface area contributed by atoms with Crippen molar-refractivity contribution in [2.45, 2.75) is 13.1 Å². The summed E-state index contributed by atoms with van der Waals surface area (Å²) in [7, 11) is 1.93. The lowest BCUT2D eigenvalue weighted by Crippen LogP contribution is -2.25. The predicted octanol–water partition coefficient (Wildman–Crippen LogP) is 5.26. The maximum Gasteiger partial charge on any atom is 0.433 e. The van der Waals surface area contributed by atoms with Crippen LogP contribution in [0.3, 0.4) is 0 Å². The Hall–Kier alpha value is -2.35. The zero-order valence-electron chi connectivity index (χ0n) is 14.0. The van der Waals surface area contributed by atoms with Crippen molar-refractivity contribution in [3.05, 3.63) is 52.4 Å². The number of alkyl halides is 3. The van der Waals surface area contributed by atoms with E-state index >= 15 is 0 Å². The van der Waals surface area contributed by atoms with Crippen LogP contribution >= 0.6 is 15.9 Å². The molecule has 0 spiro atoms. The molecular formula is C18H14BrF3N4. The van der Waals surface area contributed by atoms with Crippen LogP contribution in [0.4, 0.5) is 30.2 Å². The molecule has 0 radical (unpaired) electrons. The third-order valence-corrected chi connectivity index (χ3v) is 4.95. The lowest BCUT2D eigenvalue weighted by molar-refractivity contribution is -0.141. The molecule has 1 aromatic carbocycles. The number of rotatable bonds is 1. The lowest BCUT2D eigenvalue weighted by atomic mass is 10.1. The Bertz CT molecular complexity index is 1020. The summed E-state index contributed by atoms with van der Waals surface area (Å²) in [5, 5.41) is 0.931. The standard InChI is InChI=1S/C18H14BrF3N4/c1-10-14(5-6-16(24-10)18(20,21)22)26-9-25(2)15-8-23-13-4-3-11(19)7-12(13)17(15)26/h3-8H,9H2,1-2H3. The highest BCUT2D eigenvalue weighted by atomic mass is 79.9. The quantitative estimate of drug-likeness (QED) is 0.534. The molecule has 0 unspecified atom stereocenters. The Morgan fingerprint density at radius 3 is 2.58 bits per heavy atom. The molecule has 0 fully saturated rings. The predicted molar refractivity (Wildman–Crippen MR) is 98.8 cm³/mol. The largest absolute Gasteiger partial charge is 0.433 e. The number of hydrogen-bond acceptors (Lipinski definition) is 4. The van der Waals surface area contributed by atoms with Crippen molar-refractivity contribution in [1.29, 1.82) is 0 Å². The van der Waals surface area contributed by atoms with Gasteiger partial charge in [-0.2, -0.15) is 13.2 Å². The summed E-state index contributed by atoms with van der Waals surface area (Å²) in [6, 6.07) is 8.31. The zero-order valence-corrected chi connectivity index (χ0v) is 15.6. The summed E-state index contributed by atoms with van der Waals surface area (Å²) < 4.78 is 39.7. The molecule has 0 N–H and O–H groups in total. The van der Waals surface area contributed by atoms with Crippen molar-refractivity contribution in [2.24, 2.45) is 0 Å². The van der Waals surface area contributed by atoms with Gasteiger partial charge in [0.25, 0.3) is 0 Å². The smallest absolute Gasteiger partial charge is 0.354 e. The number of pyridine rings is 2. The molecule has 0 saturated heterocycles. The Morgan fingerprint density at radius 1 is 1.12 bits per heavy atom. The van der Waals surface area contributed by atoms with Crippen molar-refractivity contribution in [3.63, 3.8) is 0 Å². The molecule has 0 saturated carbocycles. The van der Waals surface area contributed by atoms with E-state index in [-0.39, 0.29) is 0 Å². The number of hydrogen-bond donors (Lipinski definition) is 0. The van der Waals surface area contributed by atoms with Crippen LogP contribution in [-0.4, -0.2) is 23.7 Å². The van der Waals surface area contributed by atoms with Gasteiger partial charge in [-0.3, -0.25) is 4.98 Å². The van der Waals surface area contributed by atoms with Crippen LogP contribution in [-0.2, 0) is 6.18 Å². The van der Waals surface area contributed by atoms with Gasteiger partial charge in [0, 0.05) is 16.9 Å². The van der Waals surface area contributed by atoms with E-state index in [1.165, 1.54) is 6.07 Å². The highest BCUT2D eigenvalue weighted by Gasteiger charge is 2.34. The van der Waals surface area contributed by atoms with Crippen LogP contribution in [0.25, 0.3) is 10.9 Å². The Kier molecular flexibility index (Phi) is 3.83. The summed E-state index contributed by atoms with van der Waals surface area (Å²) in [5.41, 5.74) is 2.77. The first kappa shape index (κ1) is 17.1. The molecule has 1 aliphatic heterocycles. The fourth-order valence-electron chi connectivity index (χ4n) is 3.26. The van der Waals surface area contributed by atoms with E-state index in [0.29, 0.717) is 18.1 Å². The summed E-state index contributed by atoms with van der Waals surface area (Å²) in [6.07, 6.45) is -2.66. The number of aromatic nitrogens is 2. The monoisotopic (exact) mass is 422 g/mol. The maximum absolute atomic E-state index is 12.9. The van der Waals surface area contributed by atoms with Crippen LogP contribution < -0.4 is 9.80 Å². The van der Waals surface area contributed by atoms with Crippen LogP contribution in [0.1, 0.15) is 11.4 Å². The number of nitrogens with zero attached hydrogens (tertiary/aromatic N) is 4. The fourth-order valence-corrected chi connectivity index (χ4v) is 3.62. The molecule has 26 heavy (non-hydrogen) atoms. The maximum atomic E-state index is 12.9. The minimum absolute atomic E-state index is 0.334. The van der Waals surface area contributed by atoms with E-state index in [0.717, 1.165) is 32.8 Å². The third-order valence-electron chi connectivity index (χ3n) is 4.46. The lowest BCUT2D eigenvalue weighted by Gasteiger charge is -2.22. The van der Waals surface area contributed by atoms with E-state index in [9.17, 15) is 13.2 Å². The second-order valence-corrected chi connectivity index (χ2v) is 7.14. The van der Waals surface area contributed by atoms with E-state index in [1.54, 1.807) is 13.1 Å². The average Bonchev–Trinajstić information content (AvgIpc) is 2.91. The van der Waals surface area contributed by atoms with E-state index in [2.05, 4.69) is 25.9 Å². The highest BCUT2D eigenvalue weighted by molar-refractivity contribution is 9.10. The van der Waals surface area contributed by atoms with Gasteiger partial charge in [0.05, 0.1) is 41.1 Å². The summed E-state index contributed by atoms with van der Waals surface area (Å²) in [6.45, 7) is 2.11. The van der Waals surface area contributed by atoms with Crippen LogP contribution in [0.2, 0.25) is 0 Å². The zero-order chi connectivity index (χ0) is 18.6. The first-order chi connectivity index (χ1) is 12.3. The molecule has 1 aliphatic rings. The van der Waals surface area contributed by atoms with Crippen molar-refractivity contribution in [3.8, 4) is 0 Å². The van der Waals surface area contributed by atoms with Gasteiger partial charge in [-0.15, -0.1) is 0 Å². The topological polar surface area (TPSA) is 32.3 Å². The van der Waals surface area contributed by atoms with Crippen LogP contribution in [0.15, 0.2) is 41.0 Å². The molecule has 134 valence electrons. The van der Waals surface area contributed by atoms with Crippen molar-refractivity contribution in [2.75, 3.05) is 23.5 Å². The molecule has 0 amide bonds. The number of aryl methyl sites for hydroxylation is 1. The van der Waals surface area contributed by atoms with Gasteiger partial charge in [0.2, 0.25) is 0 Å². The number of anilines is 3. The van der Waals surface area contributed by atoms with Crippen LogP contribution in [0, 0.1) is 6.92 Å². The normalized spacial score (nSPS) is 14.2. The Morgan fingerprint density at radius 2 is 1.88 bits per heavy atom. The van der Waals surface area contributed by atoms with Crippen LogP contribution in [0.5, 0.6) is 0 Å². The van der Waals surface area contributed by atoms with Crippen molar-refractivity contribution >= 4 is 43.9 Å².